The van der Waals surface area contributed by atoms with E-state index in [-0.39, 0.29) is 31.3 Å². The van der Waals surface area contributed by atoms with Gasteiger partial charge in [-0.1, -0.05) is 12.1 Å². The van der Waals surface area contributed by atoms with E-state index in [4.69, 9.17) is 13.9 Å². The van der Waals surface area contributed by atoms with Gasteiger partial charge in [-0.25, -0.2) is 0 Å². The molecule has 1 aromatic carbocycles. The van der Waals surface area contributed by atoms with E-state index in [0.717, 1.165) is 11.3 Å². The predicted molar refractivity (Wildman–Crippen MR) is 92.1 cm³/mol. The second-order valence-electron chi connectivity index (χ2n) is 5.47. The second-order valence-corrected chi connectivity index (χ2v) is 5.47. The van der Waals surface area contributed by atoms with Crippen molar-refractivity contribution in [2.24, 2.45) is 0 Å². The number of amides is 1. The first-order valence-electron chi connectivity index (χ1n) is 8.21. The summed E-state index contributed by atoms with van der Waals surface area (Å²) < 4.78 is 15.4. The zero-order valence-electron chi connectivity index (χ0n) is 14.6. The molecular weight excluding hydrogens is 322 g/mol. The van der Waals surface area contributed by atoms with Crippen LogP contribution in [0.5, 0.6) is 5.75 Å². The number of rotatable bonds is 9. The number of nitrogens with zero attached hydrogens (tertiary/aromatic N) is 1. The zero-order chi connectivity index (χ0) is 18.1. The van der Waals surface area contributed by atoms with Crippen LogP contribution in [0, 0.1) is 0 Å². The number of carbonyl (C=O) groups excluding carboxylic acids is 2. The maximum atomic E-state index is 12.7. The van der Waals surface area contributed by atoms with Crippen LogP contribution in [0.4, 0.5) is 0 Å². The van der Waals surface area contributed by atoms with E-state index in [1.807, 2.05) is 24.3 Å². The molecule has 2 aromatic rings. The summed E-state index contributed by atoms with van der Waals surface area (Å²) in [4.78, 5) is 25.9. The van der Waals surface area contributed by atoms with Crippen molar-refractivity contribution in [2.75, 3.05) is 20.3 Å². The molecule has 1 amide bonds. The number of benzene rings is 1. The number of carbonyl (C=O) groups is 2. The molecule has 0 aliphatic rings. The van der Waals surface area contributed by atoms with Crippen molar-refractivity contribution in [1.29, 1.82) is 0 Å². The van der Waals surface area contributed by atoms with Crippen molar-refractivity contribution in [3.05, 3.63) is 54.0 Å². The molecule has 0 aliphatic carbocycles. The van der Waals surface area contributed by atoms with Crippen LogP contribution in [-0.2, 0) is 27.3 Å². The zero-order valence-corrected chi connectivity index (χ0v) is 14.6. The van der Waals surface area contributed by atoms with Crippen LogP contribution in [0.2, 0.25) is 0 Å². The van der Waals surface area contributed by atoms with E-state index >= 15 is 0 Å². The highest BCUT2D eigenvalue weighted by atomic mass is 16.5. The number of furan rings is 1. The summed E-state index contributed by atoms with van der Waals surface area (Å²) in [7, 11) is 1.60. The van der Waals surface area contributed by atoms with Gasteiger partial charge in [-0.3, -0.25) is 9.59 Å². The van der Waals surface area contributed by atoms with Gasteiger partial charge < -0.3 is 18.8 Å². The molecule has 0 saturated carbocycles. The van der Waals surface area contributed by atoms with Gasteiger partial charge in [0, 0.05) is 6.54 Å². The molecule has 0 atom stereocenters. The number of ether oxygens (including phenoxy) is 2. The van der Waals surface area contributed by atoms with E-state index in [1.54, 1.807) is 37.3 Å². The topological polar surface area (TPSA) is 69.0 Å². The maximum Gasteiger partial charge on any atom is 0.307 e. The minimum absolute atomic E-state index is 0.0779. The molecule has 25 heavy (non-hydrogen) atoms. The summed E-state index contributed by atoms with van der Waals surface area (Å²) in [5.74, 6) is 1.02. The normalized spacial score (nSPS) is 10.3. The summed E-state index contributed by atoms with van der Waals surface area (Å²) in [6.45, 7) is 2.69. The summed E-state index contributed by atoms with van der Waals surface area (Å²) in [5.41, 5.74) is 0.881. The molecule has 0 N–H and O–H groups in total. The van der Waals surface area contributed by atoms with Crippen LogP contribution in [0.25, 0.3) is 0 Å². The van der Waals surface area contributed by atoms with Crippen LogP contribution in [0.15, 0.2) is 47.1 Å². The quantitative estimate of drug-likeness (QED) is 0.654. The number of hydrogen-bond donors (Lipinski definition) is 0. The molecule has 0 spiro atoms. The summed E-state index contributed by atoms with van der Waals surface area (Å²) in [6.07, 6.45) is 1.96. The van der Waals surface area contributed by atoms with Crippen molar-refractivity contribution >= 4 is 11.9 Å². The lowest BCUT2D eigenvalue weighted by molar-refractivity contribution is -0.144. The van der Waals surface area contributed by atoms with Gasteiger partial charge in [0.15, 0.2) is 0 Å². The standard InChI is InChI=1S/C19H23NO5/c1-3-24-19(22)10-11-20(14-17-5-4-12-25-17)18(21)13-15-6-8-16(23-2)9-7-15/h4-9,12H,3,10-11,13-14H2,1-2H3. The maximum absolute atomic E-state index is 12.7. The van der Waals surface area contributed by atoms with Crippen LogP contribution < -0.4 is 4.74 Å². The highest BCUT2D eigenvalue weighted by Gasteiger charge is 2.17. The minimum Gasteiger partial charge on any atom is -0.497 e. The Labute approximate surface area is 147 Å². The number of esters is 1. The molecule has 6 heteroatoms. The molecule has 6 nitrogen and oxygen atoms in total. The molecule has 134 valence electrons. The lowest BCUT2D eigenvalue weighted by Gasteiger charge is -2.21. The van der Waals surface area contributed by atoms with E-state index in [9.17, 15) is 9.59 Å². The Balaban J connectivity index is 2.01. The molecule has 0 radical (unpaired) electrons. The third-order valence-electron chi connectivity index (χ3n) is 3.69. The highest BCUT2D eigenvalue weighted by molar-refractivity contribution is 5.79. The van der Waals surface area contributed by atoms with Crippen LogP contribution in [0.3, 0.4) is 0 Å². The Morgan fingerprint density at radius 2 is 1.92 bits per heavy atom. The molecule has 0 saturated heterocycles. The molecule has 2 rings (SSSR count). The SMILES string of the molecule is CCOC(=O)CCN(Cc1ccco1)C(=O)Cc1ccc(OC)cc1. The Kier molecular flexibility index (Phi) is 7.07. The fourth-order valence-corrected chi connectivity index (χ4v) is 2.37. The highest BCUT2D eigenvalue weighted by Crippen LogP contribution is 2.14. The third-order valence-corrected chi connectivity index (χ3v) is 3.69. The first-order chi connectivity index (χ1) is 12.1. The lowest BCUT2D eigenvalue weighted by Crippen LogP contribution is -2.34. The van der Waals surface area contributed by atoms with Crippen molar-refractivity contribution in [1.82, 2.24) is 4.90 Å². The molecule has 0 unspecified atom stereocenters. The van der Waals surface area contributed by atoms with E-state index in [1.165, 1.54) is 0 Å². The summed E-state index contributed by atoms with van der Waals surface area (Å²) in [6, 6.07) is 10.9. The first kappa shape index (κ1) is 18.6. The molecule has 1 aromatic heterocycles. The summed E-state index contributed by atoms with van der Waals surface area (Å²) >= 11 is 0. The van der Waals surface area contributed by atoms with Gasteiger partial charge in [0.25, 0.3) is 0 Å². The molecule has 0 fully saturated rings. The van der Waals surface area contributed by atoms with E-state index in [0.29, 0.717) is 18.9 Å². The molecule has 0 aliphatic heterocycles. The fourth-order valence-electron chi connectivity index (χ4n) is 2.37. The minimum atomic E-state index is -0.316. The van der Waals surface area contributed by atoms with Crippen molar-refractivity contribution in [3.63, 3.8) is 0 Å². The van der Waals surface area contributed by atoms with Crippen molar-refractivity contribution in [2.45, 2.75) is 26.3 Å². The van der Waals surface area contributed by atoms with Crippen LogP contribution in [-0.4, -0.2) is 37.0 Å². The van der Waals surface area contributed by atoms with Crippen LogP contribution in [0.1, 0.15) is 24.7 Å². The van der Waals surface area contributed by atoms with Crippen molar-refractivity contribution in [3.8, 4) is 5.75 Å². The second kappa shape index (κ2) is 9.52. The molecule has 1 heterocycles. The smallest absolute Gasteiger partial charge is 0.307 e. The van der Waals surface area contributed by atoms with Crippen molar-refractivity contribution < 1.29 is 23.5 Å². The Hall–Kier alpha value is -2.76. The fraction of sp³-hybridized carbons (Fsp3) is 0.368. The van der Waals surface area contributed by atoms with Gasteiger partial charge in [0.1, 0.15) is 11.5 Å². The number of hydrogen-bond acceptors (Lipinski definition) is 5. The monoisotopic (exact) mass is 345 g/mol. The lowest BCUT2D eigenvalue weighted by atomic mass is 10.1. The Bertz CT molecular complexity index is 664. The van der Waals surface area contributed by atoms with Gasteiger partial charge in [-0.15, -0.1) is 0 Å². The van der Waals surface area contributed by atoms with Gasteiger partial charge in [0.2, 0.25) is 5.91 Å². The largest absolute Gasteiger partial charge is 0.497 e. The Morgan fingerprint density at radius 1 is 1.16 bits per heavy atom. The van der Waals surface area contributed by atoms with E-state index < -0.39 is 0 Å². The third kappa shape index (κ3) is 5.99. The van der Waals surface area contributed by atoms with Crippen LogP contribution >= 0.6 is 0 Å². The van der Waals surface area contributed by atoms with Gasteiger partial charge >= 0.3 is 5.97 Å². The first-order valence-corrected chi connectivity index (χ1v) is 8.21. The van der Waals surface area contributed by atoms with Gasteiger partial charge in [-0.05, 0) is 36.8 Å². The average molecular weight is 345 g/mol. The molecule has 0 bridgehead atoms. The Morgan fingerprint density at radius 3 is 2.52 bits per heavy atom. The average Bonchev–Trinajstić information content (AvgIpc) is 3.12. The molecular formula is C19H23NO5. The van der Waals surface area contributed by atoms with Gasteiger partial charge in [-0.2, -0.15) is 0 Å². The van der Waals surface area contributed by atoms with E-state index in [2.05, 4.69) is 0 Å². The van der Waals surface area contributed by atoms with Gasteiger partial charge in [0.05, 0.1) is 39.4 Å². The predicted octanol–water partition coefficient (Wildman–Crippen LogP) is 2.81. The summed E-state index contributed by atoms with van der Waals surface area (Å²) in [5, 5.41) is 0. The number of methoxy groups -OCH3 is 1.